The molecule has 0 amide bonds. The largest absolute Gasteiger partial charge is 0.433 e. The summed E-state index contributed by atoms with van der Waals surface area (Å²) in [5.41, 5.74) is -0.942. The molecule has 3 rings (SSSR count). The van der Waals surface area contributed by atoms with Crippen molar-refractivity contribution in [3.63, 3.8) is 0 Å². The lowest BCUT2D eigenvalue weighted by atomic mass is 9.83. The summed E-state index contributed by atoms with van der Waals surface area (Å²) in [6, 6.07) is 4.90. The predicted molar refractivity (Wildman–Crippen MR) is 68.5 cm³/mol. The van der Waals surface area contributed by atoms with Gasteiger partial charge in [-0.1, -0.05) is 6.07 Å². The van der Waals surface area contributed by atoms with Crippen molar-refractivity contribution in [1.82, 2.24) is 14.8 Å². The Morgan fingerprint density at radius 1 is 1.29 bits per heavy atom. The van der Waals surface area contributed by atoms with Crippen LogP contribution >= 0.6 is 0 Å². The third-order valence-corrected chi connectivity index (χ3v) is 3.51. The van der Waals surface area contributed by atoms with Crippen molar-refractivity contribution in [3.05, 3.63) is 42.4 Å². The van der Waals surface area contributed by atoms with Gasteiger partial charge < -0.3 is 10.4 Å². The molecule has 2 N–H and O–H groups in total. The Kier molecular flexibility index (Phi) is 3.32. The molecule has 1 fully saturated rings. The molecule has 1 aliphatic carbocycles. The highest BCUT2D eigenvalue weighted by molar-refractivity contribution is 5.38. The van der Waals surface area contributed by atoms with Gasteiger partial charge in [-0.15, -0.1) is 0 Å². The minimum absolute atomic E-state index is 0.138. The maximum absolute atomic E-state index is 12.6. The Morgan fingerprint density at radius 3 is 2.71 bits per heavy atom. The molecule has 0 spiro atoms. The molecule has 0 bridgehead atoms. The first-order valence-electron chi connectivity index (χ1n) is 6.43. The summed E-state index contributed by atoms with van der Waals surface area (Å²) in [5, 5.41) is 16.8. The molecule has 3 atom stereocenters. The Hall–Kier alpha value is -2.09. The first-order chi connectivity index (χ1) is 9.95. The summed E-state index contributed by atoms with van der Waals surface area (Å²) in [7, 11) is 0. The van der Waals surface area contributed by atoms with Gasteiger partial charge in [0.15, 0.2) is 0 Å². The second kappa shape index (κ2) is 5.03. The molecule has 0 saturated heterocycles. The van der Waals surface area contributed by atoms with Crippen LogP contribution in [0.15, 0.2) is 36.7 Å². The molecule has 112 valence electrons. The SMILES string of the molecule is O[C@@H]1C[C@H](Nc2cccc(C(F)(F)F)n2)[C@H]1n1cccn1. The van der Waals surface area contributed by atoms with Crippen LogP contribution in [-0.4, -0.2) is 32.0 Å². The normalized spacial score (nSPS) is 25.4. The van der Waals surface area contributed by atoms with E-state index in [-0.39, 0.29) is 17.9 Å². The molecule has 2 heterocycles. The lowest BCUT2D eigenvalue weighted by molar-refractivity contribution is -0.141. The quantitative estimate of drug-likeness (QED) is 0.910. The van der Waals surface area contributed by atoms with Crippen LogP contribution in [-0.2, 0) is 6.18 Å². The summed E-state index contributed by atoms with van der Waals surface area (Å²) in [4.78, 5) is 3.56. The summed E-state index contributed by atoms with van der Waals surface area (Å²) >= 11 is 0. The van der Waals surface area contributed by atoms with Crippen LogP contribution < -0.4 is 5.32 Å². The second-order valence-electron chi connectivity index (χ2n) is 4.94. The van der Waals surface area contributed by atoms with Crippen molar-refractivity contribution in [2.24, 2.45) is 0 Å². The number of pyridine rings is 1. The molecule has 0 unspecified atom stereocenters. The van der Waals surface area contributed by atoms with Crippen LogP contribution in [0.5, 0.6) is 0 Å². The summed E-state index contributed by atoms with van der Waals surface area (Å²) in [6.07, 6.45) is -1.32. The van der Waals surface area contributed by atoms with E-state index in [0.717, 1.165) is 6.07 Å². The summed E-state index contributed by atoms with van der Waals surface area (Å²) in [5.74, 6) is 0.138. The van der Waals surface area contributed by atoms with Gasteiger partial charge in [-0.2, -0.15) is 18.3 Å². The smallest absolute Gasteiger partial charge is 0.391 e. The van der Waals surface area contributed by atoms with E-state index in [1.54, 1.807) is 23.1 Å². The van der Waals surface area contributed by atoms with E-state index in [1.807, 2.05) is 0 Å². The average Bonchev–Trinajstić information content (AvgIpc) is 2.90. The van der Waals surface area contributed by atoms with Crippen molar-refractivity contribution in [2.75, 3.05) is 5.32 Å². The summed E-state index contributed by atoms with van der Waals surface area (Å²) < 4.78 is 39.5. The molecule has 0 aromatic carbocycles. The number of nitrogens with zero attached hydrogens (tertiary/aromatic N) is 3. The zero-order valence-corrected chi connectivity index (χ0v) is 10.8. The standard InChI is InChI=1S/C13H13F3N4O/c14-13(15,16)10-3-1-4-11(19-10)18-8-7-9(21)12(8)20-6-2-5-17-20/h1-6,8-9,12,21H,7H2,(H,18,19)/t8-,9+,12+/m0/s1. The fraction of sp³-hybridized carbons (Fsp3) is 0.385. The number of halogens is 3. The van der Waals surface area contributed by atoms with Crippen molar-refractivity contribution < 1.29 is 18.3 Å². The molecule has 1 aliphatic rings. The highest BCUT2D eigenvalue weighted by atomic mass is 19.4. The van der Waals surface area contributed by atoms with Gasteiger partial charge in [0.1, 0.15) is 11.5 Å². The Labute approximate surface area is 118 Å². The van der Waals surface area contributed by atoms with E-state index in [2.05, 4.69) is 15.4 Å². The maximum Gasteiger partial charge on any atom is 0.433 e. The highest BCUT2D eigenvalue weighted by Crippen LogP contribution is 2.35. The second-order valence-corrected chi connectivity index (χ2v) is 4.94. The Morgan fingerprint density at radius 2 is 2.10 bits per heavy atom. The molecule has 1 saturated carbocycles. The molecule has 2 aromatic heterocycles. The van der Waals surface area contributed by atoms with E-state index in [0.29, 0.717) is 6.42 Å². The fourth-order valence-electron chi connectivity index (χ4n) is 2.44. The van der Waals surface area contributed by atoms with E-state index in [9.17, 15) is 18.3 Å². The van der Waals surface area contributed by atoms with Crippen LogP contribution in [0.1, 0.15) is 18.2 Å². The molecule has 21 heavy (non-hydrogen) atoms. The van der Waals surface area contributed by atoms with Gasteiger partial charge in [-0.05, 0) is 24.6 Å². The maximum atomic E-state index is 12.6. The van der Waals surface area contributed by atoms with Crippen molar-refractivity contribution in [2.45, 2.75) is 30.8 Å². The van der Waals surface area contributed by atoms with Crippen LogP contribution in [0.4, 0.5) is 19.0 Å². The van der Waals surface area contributed by atoms with Crippen LogP contribution in [0.2, 0.25) is 0 Å². The zero-order chi connectivity index (χ0) is 15.0. The third kappa shape index (κ3) is 2.71. The number of hydrogen-bond acceptors (Lipinski definition) is 4. The number of alkyl halides is 3. The van der Waals surface area contributed by atoms with Crippen LogP contribution in [0, 0.1) is 0 Å². The number of nitrogens with one attached hydrogen (secondary N) is 1. The lowest BCUT2D eigenvalue weighted by Gasteiger charge is -2.42. The molecular weight excluding hydrogens is 285 g/mol. The van der Waals surface area contributed by atoms with Crippen molar-refractivity contribution in [3.8, 4) is 0 Å². The molecule has 5 nitrogen and oxygen atoms in total. The number of aliphatic hydroxyl groups is 1. The number of aromatic nitrogens is 3. The highest BCUT2D eigenvalue weighted by Gasteiger charge is 2.42. The zero-order valence-electron chi connectivity index (χ0n) is 10.8. The van der Waals surface area contributed by atoms with Gasteiger partial charge in [0.05, 0.1) is 18.2 Å². The monoisotopic (exact) mass is 298 g/mol. The van der Waals surface area contributed by atoms with Gasteiger partial charge in [-0.3, -0.25) is 4.68 Å². The minimum Gasteiger partial charge on any atom is -0.391 e. The minimum atomic E-state index is -4.47. The van der Waals surface area contributed by atoms with E-state index >= 15 is 0 Å². The number of rotatable bonds is 3. The molecule has 8 heteroatoms. The first-order valence-corrected chi connectivity index (χ1v) is 6.43. The van der Waals surface area contributed by atoms with Crippen LogP contribution in [0.25, 0.3) is 0 Å². The van der Waals surface area contributed by atoms with Crippen LogP contribution in [0.3, 0.4) is 0 Å². The average molecular weight is 298 g/mol. The van der Waals surface area contributed by atoms with Gasteiger partial charge >= 0.3 is 6.18 Å². The topological polar surface area (TPSA) is 63.0 Å². The molecule has 2 aromatic rings. The summed E-state index contributed by atoms with van der Waals surface area (Å²) in [6.45, 7) is 0. The molecule has 0 radical (unpaired) electrons. The van der Waals surface area contributed by atoms with Gasteiger partial charge in [0, 0.05) is 12.4 Å². The van der Waals surface area contributed by atoms with Gasteiger partial charge in [0.25, 0.3) is 0 Å². The van der Waals surface area contributed by atoms with E-state index < -0.39 is 18.0 Å². The Bertz CT molecular complexity index is 614. The van der Waals surface area contributed by atoms with Crippen molar-refractivity contribution in [1.29, 1.82) is 0 Å². The Balaban J connectivity index is 1.75. The van der Waals surface area contributed by atoms with E-state index in [1.165, 1.54) is 12.1 Å². The predicted octanol–water partition coefficient (Wildman–Crippen LogP) is 2.08. The number of hydrogen-bond donors (Lipinski definition) is 2. The number of anilines is 1. The lowest BCUT2D eigenvalue weighted by Crippen LogP contribution is -2.51. The molecular formula is C13H13F3N4O. The first kappa shape index (κ1) is 13.9. The van der Waals surface area contributed by atoms with Gasteiger partial charge in [-0.25, -0.2) is 4.98 Å². The third-order valence-electron chi connectivity index (χ3n) is 3.51. The van der Waals surface area contributed by atoms with Gasteiger partial charge in [0.2, 0.25) is 0 Å². The number of aliphatic hydroxyl groups excluding tert-OH is 1. The fourth-order valence-corrected chi connectivity index (χ4v) is 2.44. The van der Waals surface area contributed by atoms with E-state index in [4.69, 9.17) is 0 Å². The molecule has 0 aliphatic heterocycles. The van der Waals surface area contributed by atoms with Crippen molar-refractivity contribution >= 4 is 5.82 Å².